The Morgan fingerprint density at radius 2 is 1.06 bits per heavy atom. The standard InChI is InChI=1S/C24H22N2O8/c27-23(17-5-9-19(10-6-17)25(29)30)33-13-21-15-1-2-16(4-3-15)22(21)14-34-24(28)18-7-11-20(12-8-18)26(31)32/h1-2,5-12,15-16,21-22H,3-4,13-14H2/t15-,16+,21-,22-/m0/s1. The van der Waals surface area contributed by atoms with Crippen molar-refractivity contribution in [2.24, 2.45) is 23.7 Å². The number of nitro groups is 2. The Hall–Kier alpha value is -4.08. The van der Waals surface area contributed by atoms with Crippen molar-refractivity contribution in [1.29, 1.82) is 0 Å². The van der Waals surface area contributed by atoms with Gasteiger partial charge in [-0.05, 0) is 48.9 Å². The van der Waals surface area contributed by atoms with Gasteiger partial charge in [0.1, 0.15) is 0 Å². The van der Waals surface area contributed by atoms with Crippen LogP contribution < -0.4 is 0 Å². The van der Waals surface area contributed by atoms with Crippen molar-refractivity contribution >= 4 is 23.3 Å². The molecule has 2 aromatic rings. The highest BCUT2D eigenvalue weighted by Crippen LogP contribution is 2.45. The van der Waals surface area contributed by atoms with Crippen LogP contribution >= 0.6 is 0 Å². The van der Waals surface area contributed by atoms with Crippen molar-refractivity contribution in [3.05, 3.63) is 92.0 Å². The predicted molar refractivity (Wildman–Crippen MR) is 119 cm³/mol. The molecule has 3 aliphatic carbocycles. The van der Waals surface area contributed by atoms with Gasteiger partial charge in [-0.2, -0.15) is 0 Å². The number of carbonyl (C=O) groups excluding carboxylic acids is 2. The lowest BCUT2D eigenvalue weighted by Gasteiger charge is -2.44. The summed E-state index contributed by atoms with van der Waals surface area (Å²) in [7, 11) is 0. The first-order valence-electron chi connectivity index (χ1n) is 10.8. The highest BCUT2D eigenvalue weighted by atomic mass is 16.6. The highest BCUT2D eigenvalue weighted by Gasteiger charge is 2.42. The molecule has 0 aromatic heterocycles. The van der Waals surface area contributed by atoms with Crippen molar-refractivity contribution in [2.75, 3.05) is 13.2 Å². The molecule has 176 valence electrons. The highest BCUT2D eigenvalue weighted by molar-refractivity contribution is 5.90. The van der Waals surface area contributed by atoms with E-state index in [0.29, 0.717) is 0 Å². The molecule has 5 rings (SSSR count). The Kier molecular flexibility index (Phi) is 6.67. The summed E-state index contributed by atoms with van der Waals surface area (Å²) in [5.74, 6) is -0.815. The summed E-state index contributed by atoms with van der Waals surface area (Å²) >= 11 is 0. The number of nitrogens with zero attached hydrogens (tertiary/aromatic N) is 2. The van der Waals surface area contributed by atoms with Crippen LogP contribution in [0.5, 0.6) is 0 Å². The minimum absolute atomic E-state index is 0.0320. The Balaban J connectivity index is 1.37. The van der Waals surface area contributed by atoms with E-state index in [1.807, 2.05) is 0 Å². The molecule has 0 aliphatic heterocycles. The van der Waals surface area contributed by atoms with Gasteiger partial charge in [0.25, 0.3) is 11.4 Å². The molecule has 0 unspecified atom stereocenters. The van der Waals surface area contributed by atoms with Gasteiger partial charge in [0, 0.05) is 36.1 Å². The van der Waals surface area contributed by atoms with Gasteiger partial charge >= 0.3 is 11.9 Å². The van der Waals surface area contributed by atoms with E-state index in [1.165, 1.54) is 48.5 Å². The molecule has 1 fully saturated rings. The van der Waals surface area contributed by atoms with E-state index in [1.54, 1.807) is 0 Å². The fourth-order valence-electron chi connectivity index (χ4n) is 4.65. The number of allylic oxidation sites excluding steroid dienone is 2. The SMILES string of the molecule is O=C(OC[C@@H]1[C@@H](COC(=O)c2ccc([N+](=O)[O-])cc2)[C@H]2C=C[C@@H]1CC2)c1ccc([N+](=O)[O-])cc1. The molecule has 3 aliphatic rings. The first kappa shape index (κ1) is 23.1. The summed E-state index contributed by atoms with van der Waals surface area (Å²) in [6.45, 7) is 0.280. The molecule has 10 heteroatoms. The Labute approximate surface area is 194 Å². The molecular formula is C24H22N2O8. The number of hydrogen-bond acceptors (Lipinski definition) is 8. The fourth-order valence-corrected chi connectivity index (χ4v) is 4.65. The molecule has 0 heterocycles. The van der Waals surface area contributed by atoms with E-state index in [4.69, 9.17) is 9.47 Å². The van der Waals surface area contributed by atoms with Gasteiger partial charge < -0.3 is 9.47 Å². The van der Waals surface area contributed by atoms with Gasteiger partial charge in [-0.1, -0.05) is 12.2 Å². The van der Waals surface area contributed by atoms with Crippen LogP contribution in [-0.4, -0.2) is 35.0 Å². The van der Waals surface area contributed by atoms with Crippen LogP contribution in [0.2, 0.25) is 0 Å². The van der Waals surface area contributed by atoms with E-state index in [9.17, 15) is 29.8 Å². The van der Waals surface area contributed by atoms with E-state index in [0.717, 1.165) is 12.8 Å². The third kappa shape index (κ3) is 4.95. The normalized spacial score (nSPS) is 22.7. The lowest BCUT2D eigenvalue weighted by atomic mass is 9.63. The second-order valence-corrected chi connectivity index (χ2v) is 8.42. The second kappa shape index (κ2) is 9.82. The Morgan fingerprint density at radius 1 is 0.706 bits per heavy atom. The molecule has 2 bridgehead atoms. The molecule has 0 spiro atoms. The zero-order valence-electron chi connectivity index (χ0n) is 18.1. The average molecular weight is 466 g/mol. The van der Waals surface area contributed by atoms with Gasteiger partial charge in [0.2, 0.25) is 0 Å². The largest absolute Gasteiger partial charge is 0.462 e. The summed E-state index contributed by atoms with van der Waals surface area (Å²) in [4.78, 5) is 45.4. The van der Waals surface area contributed by atoms with Crippen LogP contribution in [0.3, 0.4) is 0 Å². The summed E-state index contributed by atoms with van der Waals surface area (Å²) in [5, 5.41) is 21.6. The number of rotatable bonds is 8. The second-order valence-electron chi connectivity index (χ2n) is 8.42. The van der Waals surface area contributed by atoms with E-state index < -0.39 is 21.8 Å². The molecule has 1 saturated carbocycles. The van der Waals surface area contributed by atoms with Gasteiger partial charge in [-0.25, -0.2) is 9.59 Å². The first-order valence-corrected chi connectivity index (χ1v) is 10.8. The molecule has 34 heavy (non-hydrogen) atoms. The van der Waals surface area contributed by atoms with Gasteiger partial charge in [0.15, 0.2) is 0 Å². The van der Waals surface area contributed by atoms with Gasteiger partial charge in [0.05, 0.1) is 34.2 Å². The van der Waals surface area contributed by atoms with E-state index in [-0.39, 0.29) is 59.4 Å². The van der Waals surface area contributed by atoms with Crippen molar-refractivity contribution in [3.8, 4) is 0 Å². The summed E-state index contributed by atoms with van der Waals surface area (Å²) in [5.41, 5.74) is 0.230. The average Bonchev–Trinajstić information content (AvgIpc) is 2.86. The van der Waals surface area contributed by atoms with Crippen molar-refractivity contribution < 1.29 is 28.9 Å². The maximum absolute atomic E-state index is 12.5. The monoisotopic (exact) mass is 466 g/mol. The van der Waals surface area contributed by atoms with Gasteiger partial charge in [-0.15, -0.1) is 0 Å². The third-order valence-electron chi connectivity index (χ3n) is 6.53. The zero-order chi connectivity index (χ0) is 24.2. The van der Waals surface area contributed by atoms with Crippen LogP contribution in [0.15, 0.2) is 60.7 Å². The molecule has 0 saturated heterocycles. The molecule has 0 amide bonds. The van der Waals surface area contributed by atoms with E-state index >= 15 is 0 Å². The van der Waals surface area contributed by atoms with Crippen molar-refractivity contribution in [1.82, 2.24) is 0 Å². The fraction of sp³-hybridized carbons (Fsp3) is 0.333. The number of ether oxygens (including phenoxy) is 2. The maximum Gasteiger partial charge on any atom is 0.338 e. The van der Waals surface area contributed by atoms with Crippen LogP contribution in [0, 0.1) is 43.9 Å². The zero-order valence-corrected chi connectivity index (χ0v) is 18.1. The molecule has 0 radical (unpaired) electrons. The minimum Gasteiger partial charge on any atom is -0.462 e. The van der Waals surface area contributed by atoms with Crippen LogP contribution in [0.25, 0.3) is 0 Å². The predicted octanol–water partition coefficient (Wildman–Crippen LogP) is 4.35. The summed E-state index contributed by atoms with van der Waals surface area (Å²) in [6.07, 6.45) is 6.14. The topological polar surface area (TPSA) is 139 Å². The number of non-ortho nitro benzene ring substituents is 2. The van der Waals surface area contributed by atoms with E-state index in [2.05, 4.69) is 12.2 Å². The lowest BCUT2D eigenvalue weighted by Crippen LogP contribution is -2.42. The van der Waals surface area contributed by atoms with Crippen molar-refractivity contribution in [2.45, 2.75) is 12.8 Å². The first-order chi connectivity index (χ1) is 16.3. The quantitative estimate of drug-likeness (QED) is 0.242. The molecule has 10 nitrogen and oxygen atoms in total. The number of fused-ring (bicyclic) bond motifs is 2. The number of carbonyl (C=O) groups is 2. The number of hydrogen-bond donors (Lipinski definition) is 0. The van der Waals surface area contributed by atoms with Crippen LogP contribution in [-0.2, 0) is 9.47 Å². The Bertz CT molecular complexity index is 1040. The number of esters is 2. The Morgan fingerprint density at radius 3 is 1.35 bits per heavy atom. The summed E-state index contributed by atoms with van der Waals surface area (Å²) < 4.78 is 11.1. The lowest BCUT2D eigenvalue weighted by molar-refractivity contribution is -0.385. The molecule has 0 N–H and O–H groups in total. The molecular weight excluding hydrogens is 444 g/mol. The van der Waals surface area contributed by atoms with Crippen LogP contribution in [0.4, 0.5) is 11.4 Å². The van der Waals surface area contributed by atoms with Gasteiger partial charge in [-0.3, -0.25) is 20.2 Å². The molecule has 4 atom stereocenters. The van der Waals surface area contributed by atoms with Crippen LogP contribution in [0.1, 0.15) is 33.6 Å². The third-order valence-corrected chi connectivity index (χ3v) is 6.53. The summed E-state index contributed by atoms with van der Waals surface area (Å²) in [6, 6.07) is 10.4. The maximum atomic E-state index is 12.5. The number of nitro benzene ring substituents is 2. The minimum atomic E-state index is -0.568. The molecule has 2 aromatic carbocycles. The van der Waals surface area contributed by atoms with Crippen molar-refractivity contribution in [3.63, 3.8) is 0 Å². The smallest absolute Gasteiger partial charge is 0.338 e. The number of benzene rings is 2.